The zero-order chi connectivity index (χ0) is 48.1. The van der Waals surface area contributed by atoms with Gasteiger partial charge in [-0.2, -0.15) is 5.26 Å². The average molecular weight is 966 g/mol. The van der Waals surface area contributed by atoms with E-state index in [0.717, 1.165) is 107 Å². The minimum Gasteiger partial charge on any atom is -0.490 e. The molecule has 0 atom stereocenters. The van der Waals surface area contributed by atoms with Gasteiger partial charge in [-0.05, 0) is 106 Å². The van der Waals surface area contributed by atoms with Gasteiger partial charge in [0.15, 0.2) is 11.5 Å². The maximum atomic E-state index is 14.0. The van der Waals surface area contributed by atoms with E-state index in [0.29, 0.717) is 45.8 Å². The lowest BCUT2D eigenvalue weighted by Gasteiger charge is -2.38. The van der Waals surface area contributed by atoms with E-state index in [1.807, 2.05) is 18.2 Å². The SMILES string of the molecule is CN(C)C(=O)c1cc(N2CCC(=O)N(COCC[Si](C)(C)C)C2=O)c2ccn(C3CCN(CC4CCN(c5ccc(C(=O)NC6CCC(Oc7ccc(C#N)c(Cl)c7)CC6)nn5)CC4)CC3)c2c1. The number of ether oxygens (including phenoxy) is 2. The summed E-state index contributed by atoms with van der Waals surface area (Å²) < 4.78 is 14.3. The number of rotatable bonds is 15. The molecule has 16 nitrogen and oxygen atoms in total. The van der Waals surface area contributed by atoms with Crippen LogP contribution in [-0.4, -0.2) is 140 Å². The molecule has 0 spiro atoms. The van der Waals surface area contributed by atoms with Crippen molar-refractivity contribution in [3.8, 4) is 11.8 Å². The van der Waals surface area contributed by atoms with Crippen LogP contribution in [0, 0.1) is 17.2 Å². The summed E-state index contributed by atoms with van der Waals surface area (Å²) in [6.07, 6.45) is 9.47. The van der Waals surface area contributed by atoms with E-state index < -0.39 is 14.1 Å². The van der Waals surface area contributed by atoms with E-state index in [4.69, 9.17) is 26.3 Å². The van der Waals surface area contributed by atoms with Crippen LogP contribution < -0.4 is 19.9 Å². The first kappa shape index (κ1) is 48.9. The Kier molecular flexibility index (Phi) is 15.4. The van der Waals surface area contributed by atoms with Gasteiger partial charge in [-0.25, -0.2) is 9.69 Å². The van der Waals surface area contributed by atoms with Crippen molar-refractivity contribution in [3.05, 3.63) is 76.6 Å². The molecule has 5 heterocycles. The van der Waals surface area contributed by atoms with Gasteiger partial charge in [-0.1, -0.05) is 31.2 Å². The Morgan fingerprint density at radius 2 is 1.66 bits per heavy atom. The molecular formula is C50H65ClN10O6Si. The standard InChI is InChI=1S/C50H65ClN10O6Si/c1-56(2)49(64)36-28-44-41(45(29-36)60-25-19-47(62)61(50(60)65)33-66-26-27-68(3,4)5)18-24-59(44)38-16-20-57(21-17-38)32-34-14-22-58(23-15-34)46-13-12-43(54-55-46)48(63)53-37-7-10-39(11-8-37)67-40-9-6-35(31-52)42(51)30-40/h6,9,12-13,18,24,28-30,34,37-39H,7-8,10-11,14-17,19-23,25-27,32-33H2,1-5H3,(H,53,63). The number of hydrogen-bond donors (Lipinski definition) is 1. The minimum atomic E-state index is -1.34. The van der Waals surface area contributed by atoms with Crippen LogP contribution in [0.5, 0.6) is 5.75 Å². The summed E-state index contributed by atoms with van der Waals surface area (Å²) in [5, 5.41) is 22.3. The molecule has 2 aromatic heterocycles. The van der Waals surface area contributed by atoms with Crippen LogP contribution in [0.3, 0.4) is 0 Å². The first-order chi connectivity index (χ1) is 32.6. The molecule has 4 aliphatic rings. The third-order valence-corrected chi connectivity index (χ3v) is 16.0. The number of piperidine rings is 2. The second-order valence-corrected chi connectivity index (χ2v) is 26.3. The monoisotopic (exact) mass is 964 g/mol. The molecule has 1 saturated carbocycles. The van der Waals surface area contributed by atoms with Crippen molar-refractivity contribution in [3.63, 3.8) is 0 Å². The first-order valence-electron chi connectivity index (χ1n) is 24.2. The highest BCUT2D eigenvalue weighted by Crippen LogP contribution is 2.37. The molecule has 68 heavy (non-hydrogen) atoms. The van der Waals surface area contributed by atoms with Crippen LogP contribution in [-0.2, 0) is 9.53 Å². The molecule has 18 heteroatoms. The molecule has 5 amide bonds. The maximum Gasteiger partial charge on any atom is 0.333 e. The molecule has 3 saturated heterocycles. The second-order valence-electron chi connectivity index (χ2n) is 20.3. The summed E-state index contributed by atoms with van der Waals surface area (Å²) >= 11 is 6.17. The number of nitriles is 1. The fourth-order valence-electron chi connectivity index (χ4n) is 9.88. The number of amides is 5. The highest BCUT2D eigenvalue weighted by molar-refractivity contribution is 6.76. The summed E-state index contributed by atoms with van der Waals surface area (Å²) in [5.74, 6) is 1.38. The van der Waals surface area contributed by atoms with Crippen molar-refractivity contribution in [2.75, 3.05) is 76.5 Å². The van der Waals surface area contributed by atoms with E-state index in [1.165, 1.54) is 4.90 Å². The summed E-state index contributed by atoms with van der Waals surface area (Å²) in [7, 11) is 2.11. The van der Waals surface area contributed by atoms with Gasteiger partial charge in [-0.3, -0.25) is 19.3 Å². The number of urea groups is 1. The molecule has 8 rings (SSSR count). The third kappa shape index (κ3) is 11.6. The van der Waals surface area contributed by atoms with E-state index in [9.17, 15) is 19.2 Å². The number of benzene rings is 2. The Hall–Kier alpha value is -5.54. The van der Waals surface area contributed by atoms with Crippen molar-refractivity contribution >= 4 is 65.8 Å². The fraction of sp³-hybridized carbons (Fsp3) is 0.540. The van der Waals surface area contributed by atoms with Crippen LogP contribution in [0.2, 0.25) is 30.7 Å². The predicted molar refractivity (Wildman–Crippen MR) is 265 cm³/mol. The zero-order valence-electron chi connectivity index (χ0n) is 40.1. The predicted octanol–water partition coefficient (Wildman–Crippen LogP) is 7.80. The lowest BCUT2D eigenvalue weighted by atomic mass is 9.92. The van der Waals surface area contributed by atoms with Crippen molar-refractivity contribution in [2.45, 2.75) is 102 Å². The molecule has 362 valence electrons. The summed E-state index contributed by atoms with van der Waals surface area (Å²) in [4.78, 5) is 62.8. The number of hydrogen-bond acceptors (Lipinski definition) is 11. The summed E-state index contributed by atoms with van der Waals surface area (Å²) in [5.41, 5.74) is 2.78. The van der Waals surface area contributed by atoms with Crippen molar-refractivity contribution in [2.24, 2.45) is 5.92 Å². The largest absolute Gasteiger partial charge is 0.490 e. The van der Waals surface area contributed by atoms with E-state index in [-0.39, 0.29) is 55.6 Å². The number of nitrogens with one attached hydrogen (secondary N) is 1. The highest BCUT2D eigenvalue weighted by atomic mass is 35.5. The summed E-state index contributed by atoms with van der Waals surface area (Å²) in [6.45, 7) is 12.2. The quantitative estimate of drug-likeness (QED) is 0.0912. The topological polar surface area (TPSA) is 169 Å². The van der Waals surface area contributed by atoms with Gasteiger partial charge >= 0.3 is 6.03 Å². The molecule has 1 aliphatic carbocycles. The fourth-order valence-corrected chi connectivity index (χ4v) is 10.9. The van der Waals surface area contributed by atoms with Gasteiger partial charge in [0, 0.05) is 110 Å². The number of likely N-dealkylation sites (tertiary alicyclic amines) is 1. The lowest BCUT2D eigenvalue weighted by molar-refractivity contribution is -0.133. The van der Waals surface area contributed by atoms with Gasteiger partial charge in [0.05, 0.1) is 27.9 Å². The van der Waals surface area contributed by atoms with Crippen molar-refractivity contribution in [1.82, 2.24) is 34.8 Å². The van der Waals surface area contributed by atoms with Crippen molar-refractivity contribution < 1.29 is 28.7 Å². The molecule has 0 unspecified atom stereocenters. The van der Waals surface area contributed by atoms with Crippen LogP contribution in [0.25, 0.3) is 10.9 Å². The number of carbonyl (C=O) groups excluding carboxylic acids is 4. The van der Waals surface area contributed by atoms with Crippen molar-refractivity contribution in [1.29, 1.82) is 5.26 Å². The van der Waals surface area contributed by atoms with Crippen LogP contribution >= 0.6 is 11.6 Å². The van der Waals surface area contributed by atoms with Gasteiger partial charge < -0.3 is 34.1 Å². The molecular weight excluding hydrogens is 900 g/mol. The number of fused-ring (bicyclic) bond motifs is 1. The Labute approximate surface area is 405 Å². The zero-order valence-corrected chi connectivity index (χ0v) is 41.8. The molecule has 3 aliphatic heterocycles. The minimum absolute atomic E-state index is 0.0191. The Morgan fingerprint density at radius 3 is 2.32 bits per heavy atom. The van der Waals surface area contributed by atoms with E-state index >= 15 is 0 Å². The van der Waals surface area contributed by atoms with Gasteiger partial charge in [0.25, 0.3) is 11.8 Å². The third-order valence-electron chi connectivity index (χ3n) is 14.0. The average Bonchev–Trinajstić information content (AvgIpc) is 3.76. The smallest absolute Gasteiger partial charge is 0.333 e. The van der Waals surface area contributed by atoms with Crippen LogP contribution in [0.1, 0.15) is 90.2 Å². The van der Waals surface area contributed by atoms with Crippen LogP contribution in [0.15, 0.2) is 54.7 Å². The number of carbonyl (C=O) groups is 4. The molecule has 1 N–H and O–H groups in total. The Bertz CT molecular complexity index is 2500. The summed E-state index contributed by atoms with van der Waals surface area (Å²) in [6, 6.07) is 17.4. The molecule has 4 fully saturated rings. The van der Waals surface area contributed by atoms with Gasteiger partial charge in [0.2, 0.25) is 5.91 Å². The Balaban J connectivity index is 0.810. The lowest BCUT2D eigenvalue weighted by Crippen LogP contribution is -2.53. The Morgan fingerprint density at radius 1 is 0.912 bits per heavy atom. The number of imide groups is 1. The number of anilines is 2. The molecule has 4 aromatic rings. The number of aromatic nitrogens is 3. The van der Waals surface area contributed by atoms with E-state index in [2.05, 4.69) is 61.8 Å². The number of halogens is 1. The second kappa shape index (κ2) is 21.4. The van der Waals surface area contributed by atoms with Gasteiger partial charge in [-0.15, -0.1) is 10.2 Å². The first-order valence-corrected chi connectivity index (χ1v) is 28.3. The van der Waals surface area contributed by atoms with Gasteiger partial charge in [0.1, 0.15) is 18.5 Å². The normalized spacial score (nSPS) is 20.2. The molecule has 0 bridgehead atoms. The number of nitrogens with zero attached hydrogens (tertiary/aromatic N) is 9. The van der Waals surface area contributed by atoms with E-state index in [1.54, 1.807) is 54.2 Å². The molecule has 2 aromatic carbocycles. The highest BCUT2D eigenvalue weighted by Gasteiger charge is 2.35. The molecule has 0 radical (unpaired) electrons. The maximum absolute atomic E-state index is 14.0. The van der Waals surface area contributed by atoms with Crippen LogP contribution in [0.4, 0.5) is 16.3 Å².